The standard InChI is InChI=1S/C23H20N4O/c1-15-13-16(2)25-23(24-15)27-20-10-8-18(9-11-20)22(28)26-21-12-7-17-5-3-4-6-19(17)14-21/h3-14H,1-2H3,(H,26,28)(H,24,25,27). The van der Waals surface area contributed by atoms with Crippen molar-refractivity contribution in [3.8, 4) is 0 Å². The number of amides is 1. The zero-order valence-electron chi connectivity index (χ0n) is 15.7. The minimum atomic E-state index is -0.149. The van der Waals surface area contributed by atoms with Crippen molar-refractivity contribution < 1.29 is 4.79 Å². The van der Waals surface area contributed by atoms with Crippen molar-refractivity contribution in [3.05, 3.63) is 89.7 Å². The van der Waals surface area contributed by atoms with Gasteiger partial charge >= 0.3 is 0 Å². The molecule has 3 aromatic carbocycles. The zero-order chi connectivity index (χ0) is 19.5. The number of fused-ring (bicyclic) bond motifs is 1. The molecule has 5 heteroatoms. The molecule has 28 heavy (non-hydrogen) atoms. The van der Waals surface area contributed by atoms with Gasteiger partial charge < -0.3 is 10.6 Å². The van der Waals surface area contributed by atoms with Gasteiger partial charge in [0.25, 0.3) is 5.91 Å². The molecule has 2 N–H and O–H groups in total. The van der Waals surface area contributed by atoms with Gasteiger partial charge in [0.05, 0.1) is 0 Å². The summed E-state index contributed by atoms with van der Waals surface area (Å²) >= 11 is 0. The van der Waals surface area contributed by atoms with Crippen LogP contribution in [0.5, 0.6) is 0 Å². The fraction of sp³-hybridized carbons (Fsp3) is 0.0870. The van der Waals surface area contributed by atoms with Crippen LogP contribution in [0.15, 0.2) is 72.8 Å². The minimum Gasteiger partial charge on any atom is -0.324 e. The van der Waals surface area contributed by atoms with Crippen molar-refractivity contribution in [1.82, 2.24) is 9.97 Å². The number of carbonyl (C=O) groups is 1. The van der Waals surface area contributed by atoms with Gasteiger partial charge in [-0.3, -0.25) is 4.79 Å². The monoisotopic (exact) mass is 368 g/mol. The van der Waals surface area contributed by atoms with E-state index in [2.05, 4.69) is 20.6 Å². The van der Waals surface area contributed by atoms with Crippen LogP contribution in [0.2, 0.25) is 0 Å². The Hall–Kier alpha value is -3.73. The number of anilines is 3. The van der Waals surface area contributed by atoms with Gasteiger partial charge in [0.2, 0.25) is 5.95 Å². The first-order valence-electron chi connectivity index (χ1n) is 9.06. The summed E-state index contributed by atoms with van der Waals surface area (Å²) in [4.78, 5) is 21.3. The summed E-state index contributed by atoms with van der Waals surface area (Å²) in [7, 11) is 0. The predicted octanol–water partition coefficient (Wildman–Crippen LogP) is 5.24. The maximum atomic E-state index is 12.6. The third kappa shape index (κ3) is 3.99. The van der Waals surface area contributed by atoms with Crippen molar-refractivity contribution in [1.29, 1.82) is 0 Å². The zero-order valence-corrected chi connectivity index (χ0v) is 15.7. The summed E-state index contributed by atoms with van der Waals surface area (Å²) in [5.74, 6) is 0.398. The van der Waals surface area contributed by atoms with Crippen LogP contribution < -0.4 is 10.6 Å². The number of rotatable bonds is 4. The van der Waals surface area contributed by atoms with E-state index in [1.165, 1.54) is 0 Å². The fourth-order valence-corrected chi connectivity index (χ4v) is 3.09. The molecule has 138 valence electrons. The van der Waals surface area contributed by atoms with Crippen LogP contribution in [0.25, 0.3) is 10.8 Å². The Morgan fingerprint density at radius 3 is 2.11 bits per heavy atom. The second-order valence-corrected chi connectivity index (χ2v) is 6.69. The summed E-state index contributed by atoms with van der Waals surface area (Å²) in [6.45, 7) is 3.86. The minimum absolute atomic E-state index is 0.149. The lowest BCUT2D eigenvalue weighted by atomic mass is 10.1. The molecule has 0 aliphatic carbocycles. The maximum absolute atomic E-state index is 12.6. The molecule has 0 bridgehead atoms. The number of benzene rings is 3. The SMILES string of the molecule is Cc1cc(C)nc(Nc2ccc(C(=O)Nc3ccc4ccccc4c3)cc2)n1. The van der Waals surface area contributed by atoms with Crippen LogP contribution in [0, 0.1) is 13.8 Å². The van der Waals surface area contributed by atoms with E-state index in [1.54, 1.807) is 12.1 Å². The van der Waals surface area contributed by atoms with Crippen molar-refractivity contribution >= 4 is 34.0 Å². The summed E-state index contributed by atoms with van der Waals surface area (Å²) in [6.07, 6.45) is 0. The normalized spacial score (nSPS) is 10.6. The van der Waals surface area contributed by atoms with Gasteiger partial charge in [-0.15, -0.1) is 0 Å². The molecule has 0 saturated carbocycles. The maximum Gasteiger partial charge on any atom is 0.255 e. The molecule has 0 aliphatic rings. The van der Waals surface area contributed by atoms with E-state index in [0.29, 0.717) is 11.5 Å². The molecule has 0 saturated heterocycles. The van der Waals surface area contributed by atoms with Gasteiger partial charge in [-0.1, -0.05) is 30.3 Å². The van der Waals surface area contributed by atoms with Crippen molar-refractivity contribution in [3.63, 3.8) is 0 Å². The van der Waals surface area contributed by atoms with Crippen molar-refractivity contribution in [2.24, 2.45) is 0 Å². The molecule has 0 fully saturated rings. The lowest BCUT2D eigenvalue weighted by Gasteiger charge is -2.09. The summed E-state index contributed by atoms with van der Waals surface area (Å²) < 4.78 is 0. The van der Waals surface area contributed by atoms with E-state index in [-0.39, 0.29) is 5.91 Å². The Balaban J connectivity index is 1.47. The average molecular weight is 368 g/mol. The molecular weight excluding hydrogens is 348 g/mol. The number of nitrogens with zero attached hydrogens (tertiary/aromatic N) is 2. The Morgan fingerprint density at radius 2 is 1.39 bits per heavy atom. The molecular formula is C23H20N4O. The molecule has 5 nitrogen and oxygen atoms in total. The van der Waals surface area contributed by atoms with Gasteiger partial charge in [-0.2, -0.15) is 0 Å². The second-order valence-electron chi connectivity index (χ2n) is 6.69. The topological polar surface area (TPSA) is 66.9 Å². The Bertz CT molecular complexity index is 1130. The van der Waals surface area contributed by atoms with Gasteiger partial charge in [0, 0.05) is 28.3 Å². The number of nitrogens with one attached hydrogen (secondary N) is 2. The first kappa shape index (κ1) is 17.7. The van der Waals surface area contributed by atoms with Crippen molar-refractivity contribution in [2.45, 2.75) is 13.8 Å². The highest BCUT2D eigenvalue weighted by Gasteiger charge is 2.07. The lowest BCUT2D eigenvalue weighted by molar-refractivity contribution is 0.102. The highest BCUT2D eigenvalue weighted by Crippen LogP contribution is 2.20. The van der Waals surface area contributed by atoms with E-state index in [1.807, 2.05) is 74.5 Å². The van der Waals surface area contributed by atoms with Crippen LogP contribution in [0.4, 0.5) is 17.3 Å². The van der Waals surface area contributed by atoms with Crippen LogP contribution in [0.3, 0.4) is 0 Å². The van der Waals surface area contributed by atoms with Crippen LogP contribution in [0.1, 0.15) is 21.7 Å². The van der Waals surface area contributed by atoms with E-state index in [9.17, 15) is 4.79 Å². The second kappa shape index (κ2) is 7.48. The highest BCUT2D eigenvalue weighted by atomic mass is 16.1. The predicted molar refractivity (Wildman–Crippen MR) is 113 cm³/mol. The van der Waals surface area contributed by atoms with Crippen LogP contribution in [-0.2, 0) is 0 Å². The summed E-state index contributed by atoms with van der Waals surface area (Å²) in [6, 6.07) is 23.1. The molecule has 1 heterocycles. The molecule has 0 radical (unpaired) electrons. The number of carbonyl (C=O) groups excluding carboxylic acids is 1. The van der Waals surface area contributed by atoms with E-state index >= 15 is 0 Å². The first-order valence-corrected chi connectivity index (χ1v) is 9.06. The Labute approximate surface area is 163 Å². The molecule has 4 rings (SSSR count). The number of aryl methyl sites for hydroxylation is 2. The van der Waals surface area contributed by atoms with Gasteiger partial charge in [-0.05, 0) is 67.1 Å². The molecule has 0 aliphatic heterocycles. The molecule has 0 spiro atoms. The van der Waals surface area contributed by atoms with E-state index in [4.69, 9.17) is 0 Å². The first-order chi connectivity index (χ1) is 13.6. The molecule has 4 aromatic rings. The smallest absolute Gasteiger partial charge is 0.255 e. The number of aromatic nitrogens is 2. The van der Waals surface area contributed by atoms with Crippen LogP contribution in [-0.4, -0.2) is 15.9 Å². The third-order valence-corrected chi connectivity index (χ3v) is 4.39. The Morgan fingerprint density at radius 1 is 0.750 bits per heavy atom. The average Bonchev–Trinajstić information content (AvgIpc) is 2.67. The van der Waals surface area contributed by atoms with E-state index < -0.39 is 0 Å². The quantitative estimate of drug-likeness (QED) is 0.517. The van der Waals surface area contributed by atoms with Crippen LogP contribution >= 0.6 is 0 Å². The van der Waals surface area contributed by atoms with E-state index in [0.717, 1.165) is 33.5 Å². The fourth-order valence-electron chi connectivity index (χ4n) is 3.09. The molecule has 1 amide bonds. The summed E-state index contributed by atoms with van der Waals surface area (Å²) in [5, 5.41) is 8.35. The van der Waals surface area contributed by atoms with Gasteiger partial charge in [0.1, 0.15) is 0 Å². The van der Waals surface area contributed by atoms with Gasteiger partial charge in [0.15, 0.2) is 0 Å². The van der Waals surface area contributed by atoms with Crippen molar-refractivity contribution in [2.75, 3.05) is 10.6 Å². The molecule has 0 unspecified atom stereocenters. The summed E-state index contributed by atoms with van der Waals surface area (Å²) in [5.41, 5.74) is 3.99. The lowest BCUT2D eigenvalue weighted by Crippen LogP contribution is -2.11. The Kier molecular flexibility index (Phi) is 4.72. The third-order valence-electron chi connectivity index (χ3n) is 4.39. The number of hydrogen-bond acceptors (Lipinski definition) is 4. The highest BCUT2D eigenvalue weighted by molar-refractivity contribution is 6.05. The number of hydrogen-bond donors (Lipinski definition) is 2. The van der Waals surface area contributed by atoms with Gasteiger partial charge in [-0.25, -0.2) is 9.97 Å². The molecule has 1 aromatic heterocycles. The molecule has 0 atom stereocenters. The largest absolute Gasteiger partial charge is 0.324 e.